The van der Waals surface area contributed by atoms with E-state index in [1.54, 1.807) is 0 Å². The average Bonchev–Trinajstić information content (AvgIpc) is 2.43. The predicted molar refractivity (Wildman–Crippen MR) is 87.6 cm³/mol. The van der Waals surface area contributed by atoms with Gasteiger partial charge in [0.15, 0.2) is 0 Å². The molecule has 2 nitrogen and oxygen atoms in total. The van der Waals surface area contributed by atoms with Crippen molar-refractivity contribution in [3.8, 4) is 0 Å². The number of nitrogens with one attached hydrogen (secondary N) is 1. The van der Waals surface area contributed by atoms with Gasteiger partial charge in [0.05, 0.1) is 10.0 Å². The molecule has 1 aliphatic heterocycles. The van der Waals surface area contributed by atoms with Crippen molar-refractivity contribution in [3.05, 3.63) is 33.8 Å². The zero-order valence-electron chi connectivity index (χ0n) is 12.3. The summed E-state index contributed by atoms with van der Waals surface area (Å²) in [5.74, 6) is 0. The SMILES string of the molecule is CC(C)N(Cc1ccc(Cl)c(Cl)c1)CC1CCCCN1. The van der Waals surface area contributed by atoms with E-state index < -0.39 is 0 Å². The number of hydrogen-bond donors (Lipinski definition) is 1. The van der Waals surface area contributed by atoms with Crippen LogP contribution in [0.5, 0.6) is 0 Å². The van der Waals surface area contributed by atoms with Crippen LogP contribution in [-0.2, 0) is 6.54 Å². The van der Waals surface area contributed by atoms with Crippen molar-refractivity contribution < 1.29 is 0 Å². The maximum absolute atomic E-state index is 6.11. The number of benzene rings is 1. The van der Waals surface area contributed by atoms with Crippen LogP contribution in [0.25, 0.3) is 0 Å². The number of piperidine rings is 1. The zero-order valence-corrected chi connectivity index (χ0v) is 13.8. The van der Waals surface area contributed by atoms with Crippen LogP contribution in [0.15, 0.2) is 18.2 Å². The molecule has 20 heavy (non-hydrogen) atoms. The lowest BCUT2D eigenvalue weighted by Gasteiger charge is -2.33. The molecule has 1 atom stereocenters. The molecule has 1 aromatic rings. The van der Waals surface area contributed by atoms with Crippen LogP contribution in [0.1, 0.15) is 38.7 Å². The third-order valence-electron chi connectivity index (χ3n) is 3.97. The molecule has 112 valence electrons. The topological polar surface area (TPSA) is 15.3 Å². The lowest BCUT2D eigenvalue weighted by Crippen LogP contribution is -2.45. The minimum Gasteiger partial charge on any atom is -0.313 e. The molecular formula is C16H24Cl2N2. The smallest absolute Gasteiger partial charge is 0.0595 e. The van der Waals surface area contributed by atoms with E-state index in [0.29, 0.717) is 22.1 Å². The Morgan fingerprint density at radius 1 is 1.25 bits per heavy atom. The standard InChI is InChI=1S/C16H24Cl2N2/c1-12(2)20(11-14-5-3-4-8-19-14)10-13-6-7-15(17)16(18)9-13/h6-7,9,12,14,19H,3-5,8,10-11H2,1-2H3. The Hall–Kier alpha value is -0.280. The molecule has 0 aliphatic carbocycles. The molecule has 0 saturated carbocycles. The molecule has 1 unspecified atom stereocenters. The highest BCUT2D eigenvalue weighted by molar-refractivity contribution is 6.42. The van der Waals surface area contributed by atoms with Gasteiger partial charge >= 0.3 is 0 Å². The van der Waals surface area contributed by atoms with Crippen molar-refractivity contribution in [2.24, 2.45) is 0 Å². The second-order valence-corrected chi connectivity index (χ2v) is 6.73. The maximum Gasteiger partial charge on any atom is 0.0595 e. The molecule has 1 heterocycles. The van der Waals surface area contributed by atoms with E-state index >= 15 is 0 Å². The molecular weight excluding hydrogens is 291 g/mol. The van der Waals surface area contributed by atoms with Gasteiger partial charge in [-0.25, -0.2) is 0 Å². The van der Waals surface area contributed by atoms with Gasteiger partial charge in [0, 0.05) is 25.2 Å². The highest BCUT2D eigenvalue weighted by Gasteiger charge is 2.19. The first-order valence-electron chi connectivity index (χ1n) is 7.47. The van der Waals surface area contributed by atoms with Crippen molar-refractivity contribution in [2.45, 2.75) is 51.7 Å². The minimum absolute atomic E-state index is 0.521. The van der Waals surface area contributed by atoms with Gasteiger partial charge in [-0.05, 0) is 50.9 Å². The molecule has 1 aromatic carbocycles. The second kappa shape index (κ2) is 7.65. The number of nitrogens with zero attached hydrogens (tertiary/aromatic N) is 1. The molecule has 2 rings (SSSR count). The van der Waals surface area contributed by atoms with Gasteiger partial charge in [0.2, 0.25) is 0 Å². The van der Waals surface area contributed by atoms with Crippen molar-refractivity contribution in [1.29, 1.82) is 0 Å². The van der Waals surface area contributed by atoms with Gasteiger partial charge in [-0.15, -0.1) is 0 Å². The molecule has 1 aliphatic rings. The largest absolute Gasteiger partial charge is 0.313 e. The molecule has 4 heteroatoms. The van der Waals surface area contributed by atoms with Gasteiger partial charge < -0.3 is 5.32 Å². The Kier molecular flexibility index (Phi) is 6.16. The first kappa shape index (κ1) is 16.1. The lowest BCUT2D eigenvalue weighted by molar-refractivity contribution is 0.177. The van der Waals surface area contributed by atoms with Crippen LogP contribution >= 0.6 is 23.2 Å². The average molecular weight is 315 g/mol. The Labute approximate surface area is 132 Å². The fraction of sp³-hybridized carbons (Fsp3) is 0.625. The Morgan fingerprint density at radius 3 is 2.65 bits per heavy atom. The molecule has 0 radical (unpaired) electrons. The van der Waals surface area contributed by atoms with Gasteiger partial charge in [0.1, 0.15) is 0 Å². The molecule has 0 bridgehead atoms. The van der Waals surface area contributed by atoms with Crippen LogP contribution in [0.4, 0.5) is 0 Å². The third-order valence-corrected chi connectivity index (χ3v) is 4.71. The Morgan fingerprint density at radius 2 is 2.05 bits per heavy atom. The summed E-state index contributed by atoms with van der Waals surface area (Å²) in [5, 5.41) is 4.89. The summed E-state index contributed by atoms with van der Waals surface area (Å²) in [5.41, 5.74) is 1.23. The van der Waals surface area contributed by atoms with Crippen LogP contribution in [-0.4, -0.2) is 30.1 Å². The van der Waals surface area contributed by atoms with Crippen LogP contribution in [0.2, 0.25) is 10.0 Å². The number of rotatable bonds is 5. The van der Waals surface area contributed by atoms with E-state index in [0.717, 1.165) is 19.6 Å². The van der Waals surface area contributed by atoms with Crippen LogP contribution < -0.4 is 5.32 Å². The molecule has 0 amide bonds. The highest BCUT2D eigenvalue weighted by atomic mass is 35.5. The summed E-state index contributed by atoms with van der Waals surface area (Å²) in [7, 11) is 0. The molecule has 1 saturated heterocycles. The van der Waals surface area contributed by atoms with E-state index in [9.17, 15) is 0 Å². The molecule has 0 spiro atoms. The van der Waals surface area contributed by atoms with E-state index in [-0.39, 0.29) is 0 Å². The quantitative estimate of drug-likeness (QED) is 0.869. The summed E-state index contributed by atoms with van der Waals surface area (Å²) in [6.45, 7) is 7.68. The summed E-state index contributed by atoms with van der Waals surface area (Å²) < 4.78 is 0. The first-order chi connectivity index (χ1) is 9.56. The van der Waals surface area contributed by atoms with Gasteiger partial charge in [-0.1, -0.05) is 35.7 Å². The van der Waals surface area contributed by atoms with E-state index in [1.807, 2.05) is 12.1 Å². The van der Waals surface area contributed by atoms with Gasteiger partial charge in [-0.2, -0.15) is 0 Å². The number of hydrogen-bond acceptors (Lipinski definition) is 2. The fourth-order valence-corrected chi connectivity index (χ4v) is 3.01. The summed E-state index contributed by atoms with van der Waals surface area (Å²) >= 11 is 12.1. The highest BCUT2D eigenvalue weighted by Crippen LogP contribution is 2.24. The fourth-order valence-electron chi connectivity index (χ4n) is 2.69. The summed E-state index contributed by atoms with van der Waals surface area (Å²) in [6, 6.07) is 7.07. The zero-order chi connectivity index (χ0) is 14.5. The third kappa shape index (κ3) is 4.63. The first-order valence-corrected chi connectivity index (χ1v) is 8.23. The van der Waals surface area contributed by atoms with Crippen LogP contribution in [0.3, 0.4) is 0 Å². The lowest BCUT2D eigenvalue weighted by atomic mass is 10.0. The molecule has 1 fully saturated rings. The summed E-state index contributed by atoms with van der Waals surface area (Å²) in [6.07, 6.45) is 3.94. The normalized spacial score (nSPS) is 19.8. The summed E-state index contributed by atoms with van der Waals surface area (Å²) in [4.78, 5) is 2.50. The van der Waals surface area contributed by atoms with Gasteiger partial charge in [0.25, 0.3) is 0 Å². The van der Waals surface area contributed by atoms with Crippen molar-refractivity contribution in [3.63, 3.8) is 0 Å². The Balaban J connectivity index is 1.99. The van der Waals surface area contributed by atoms with E-state index in [4.69, 9.17) is 23.2 Å². The molecule has 0 aromatic heterocycles. The number of halogens is 2. The van der Waals surface area contributed by atoms with Crippen molar-refractivity contribution in [1.82, 2.24) is 10.2 Å². The predicted octanol–water partition coefficient (Wildman–Crippen LogP) is 4.35. The second-order valence-electron chi connectivity index (χ2n) is 5.92. The van der Waals surface area contributed by atoms with Crippen LogP contribution in [0, 0.1) is 0 Å². The monoisotopic (exact) mass is 314 g/mol. The van der Waals surface area contributed by atoms with Crippen molar-refractivity contribution in [2.75, 3.05) is 13.1 Å². The minimum atomic E-state index is 0.521. The van der Waals surface area contributed by atoms with Crippen molar-refractivity contribution >= 4 is 23.2 Å². The molecule has 1 N–H and O–H groups in total. The van der Waals surface area contributed by atoms with E-state index in [1.165, 1.54) is 24.8 Å². The maximum atomic E-state index is 6.11. The van der Waals surface area contributed by atoms with Gasteiger partial charge in [-0.3, -0.25) is 4.90 Å². The Bertz CT molecular complexity index is 428. The van der Waals surface area contributed by atoms with E-state index in [2.05, 4.69) is 30.1 Å².